The standard InChI is InChI=1S/C17H27NO2/c1-14-7-5-6-10-16(14)17(20)13-18(11-12-19)15-8-3-2-4-9-15/h5-7,10,15,17,19-20H,2-4,8-9,11-13H2,1H3. The van der Waals surface area contributed by atoms with Crippen molar-refractivity contribution in [2.75, 3.05) is 19.7 Å². The van der Waals surface area contributed by atoms with Crippen LogP contribution in [-0.2, 0) is 0 Å². The van der Waals surface area contributed by atoms with E-state index in [9.17, 15) is 10.2 Å². The summed E-state index contributed by atoms with van der Waals surface area (Å²) in [6.45, 7) is 3.48. The Kier molecular flexibility index (Phi) is 6.02. The van der Waals surface area contributed by atoms with E-state index in [1.54, 1.807) is 0 Å². The van der Waals surface area contributed by atoms with Gasteiger partial charge in [-0.25, -0.2) is 0 Å². The van der Waals surface area contributed by atoms with Gasteiger partial charge < -0.3 is 10.2 Å². The maximum absolute atomic E-state index is 10.5. The van der Waals surface area contributed by atoms with Gasteiger partial charge in [0, 0.05) is 19.1 Å². The number of aliphatic hydroxyl groups excluding tert-OH is 2. The van der Waals surface area contributed by atoms with E-state index in [4.69, 9.17) is 0 Å². The lowest BCUT2D eigenvalue weighted by Crippen LogP contribution is -2.41. The molecule has 0 spiro atoms. The maximum Gasteiger partial charge on any atom is 0.0919 e. The maximum atomic E-state index is 10.5. The summed E-state index contributed by atoms with van der Waals surface area (Å²) < 4.78 is 0. The molecule has 2 N–H and O–H groups in total. The van der Waals surface area contributed by atoms with Gasteiger partial charge in [0.25, 0.3) is 0 Å². The average Bonchev–Trinajstić information content (AvgIpc) is 2.48. The first kappa shape index (κ1) is 15.5. The molecule has 1 aromatic rings. The Morgan fingerprint density at radius 2 is 1.90 bits per heavy atom. The van der Waals surface area contributed by atoms with Crippen LogP contribution in [0, 0.1) is 6.92 Å². The Hall–Kier alpha value is -0.900. The number of aryl methyl sites for hydroxylation is 1. The second-order valence-corrected chi connectivity index (χ2v) is 5.88. The number of rotatable bonds is 6. The van der Waals surface area contributed by atoms with Gasteiger partial charge in [0.2, 0.25) is 0 Å². The minimum Gasteiger partial charge on any atom is -0.395 e. The SMILES string of the molecule is Cc1ccccc1C(O)CN(CCO)C1CCCCC1. The molecule has 0 radical (unpaired) electrons. The molecule has 0 heterocycles. The van der Waals surface area contributed by atoms with Crippen LogP contribution in [0.4, 0.5) is 0 Å². The molecule has 0 saturated heterocycles. The number of benzene rings is 1. The molecule has 112 valence electrons. The summed E-state index contributed by atoms with van der Waals surface area (Å²) in [5, 5.41) is 19.8. The van der Waals surface area contributed by atoms with Gasteiger partial charge in [-0.2, -0.15) is 0 Å². The van der Waals surface area contributed by atoms with E-state index in [1.807, 2.05) is 31.2 Å². The third-order valence-corrected chi connectivity index (χ3v) is 4.43. The van der Waals surface area contributed by atoms with Gasteiger partial charge in [0.05, 0.1) is 12.7 Å². The first-order chi connectivity index (χ1) is 9.72. The molecule has 1 aliphatic carbocycles. The van der Waals surface area contributed by atoms with Crippen molar-refractivity contribution in [1.29, 1.82) is 0 Å². The summed E-state index contributed by atoms with van der Waals surface area (Å²) in [6, 6.07) is 8.53. The van der Waals surface area contributed by atoms with Crippen LogP contribution in [0.1, 0.15) is 49.3 Å². The van der Waals surface area contributed by atoms with Gasteiger partial charge in [0.15, 0.2) is 0 Å². The zero-order valence-electron chi connectivity index (χ0n) is 12.5. The zero-order valence-corrected chi connectivity index (χ0v) is 12.5. The summed E-state index contributed by atoms with van der Waals surface area (Å²) >= 11 is 0. The van der Waals surface area contributed by atoms with Gasteiger partial charge in [0.1, 0.15) is 0 Å². The highest BCUT2D eigenvalue weighted by atomic mass is 16.3. The van der Waals surface area contributed by atoms with Crippen molar-refractivity contribution in [3.05, 3.63) is 35.4 Å². The van der Waals surface area contributed by atoms with Gasteiger partial charge in [-0.15, -0.1) is 0 Å². The lowest BCUT2D eigenvalue weighted by atomic mass is 9.93. The fraction of sp³-hybridized carbons (Fsp3) is 0.647. The van der Waals surface area contributed by atoms with E-state index < -0.39 is 6.10 Å². The van der Waals surface area contributed by atoms with Crippen molar-refractivity contribution in [2.24, 2.45) is 0 Å². The van der Waals surface area contributed by atoms with Crippen LogP contribution in [0.5, 0.6) is 0 Å². The fourth-order valence-electron chi connectivity index (χ4n) is 3.28. The summed E-state index contributed by atoms with van der Waals surface area (Å²) in [5.74, 6) is 0. The Balaban J connectivity index is 2.01. The van der Waals surface area contributed by atoms with E-state index in [0.717, 1.165) is 11.1 Å². The minimum atomic E-state index is -0.468. The number of hydrogen-bond donors (Lipinski definition) is 2. The second-order valence-electron chi connectivity index (χ2n) is 5.88. The van der Waals surface area contributed by atoms with Crippen molar-refractivity contribution in [3.8, 4) is 0 Å². The summed E-state index contributed by atoms with van der Waals surface area (Å²) in [6.07, 6.45) is 5.79. The van der Waals surface area contributed by atoms with E-state index in [0.29, 0.717) is 19.1 Å². The minimum absolute atomic E-state index is 0.164. The monoisotopic (exact) mass is 277 g/mol. The zero-order chi connectivity index (χ0) is 14.4. The topological polar surface area (TPSA) is 43.7 Å². The van der Waals surface area contributed by atoms with Crippen LogP contribution in [-0.4, -0.2) is 40.9 Å². The van der Waals surface area contributed by atoms with Crippen molar-refractivity contribution < 1.29 is 10.2 Å². The van der Waals surface area contributed by atoms with Crippen molar-refractivity contribution in [3.63, 3.8) is 0 Å². The number of hydrogen-bond acceptors (Lipinski definition) is 3. The molecular formula is C17H27NO2. The Morgan fingerprint density at radius 3 is 2.55 bits per heavy atom. The molecule has 20 heavy (non-hydrogen) atoms. The van der Waals surface area contributed by atoms with Gasteiger partial charge in [-0.1, -0.05) is 43.5 Å². The highest BCUT2D eigenvalue weighted by Gasteiger charge is 2.23. The van der Waals surface area contributed by atoms with E-state index in [-0.39, 0.29) is 6.61 Å². The highest BCUT2D eigenvalue weighted by Crippen LogP contribution is 2.25. The molecule has 0 amide bonds. The smallest absolute Gasteiger partial charge is 0.0919 e. The molecule has 2 rings (SSSR count). The molecule has 1 unspecified atom stereocenters. The molecule has 1 atom stereocenters. The molecule has 0 bridgehead atoms. The molecular weight excluding hydrogens is 250 g/mol. The summed E-state index contributed by atoms with van der Waals surface area (Å²) in [5.41, 5.74) is 2.14. The van der Waals surface area contributed by atoms with Crippen LogP contribution in [0.2, 0.25) is 0 Å². The van der Waals surface area contributed by atoms with Crippen molar-refractivity contribution in [2.45, 2.75) is 51.2 Å². The van der Waals surface area contributed by atoms with Crippen LogP contribution in [0.15, 0.2) is 24.3 Å². The molecule has 1 fully saturated rings. The lowest BCUT2D eigenvalue weighted by Gasteiger charge is -2.35. The number of nitrogens with zero attached hydrogens (tertiary/aromatic N) is 1. The molecule has 1 saturated carbocycles. The molecule has 0 aliphatic heterocycles. The average molecular weight is 277 g/mol. The predicted molar refractivity (Wildman–Crippen MR) is 81.7 cm³/mol. The van der Waals surface area contributed by atoms with Crippen molar-refractivity contribution in [1.82, 2.24) is 4.90 Å². The third kappa shape index (κ3) is 4.05. The molecule has 3 heteroatoms. The largest absolute Gasteiger partial charge is 0.395 e. The normalized spacial score (nSPS) is 18.4. The predicted octanol–water partition coefficient (Wildman–Crippen LogP) is 2.66. The van der Waals surface area contributed by atoms with Crippen molar-refractivity contribution >= 4 is 0 Å². The van der Waals surface area contributed by atoms with Crippen LogP contribution < -0.4 is 0 Å². The van der Waals surface area contributed by atoms with Crippen LogP contribution in [0.25, 0.3) is 0 Å². The summed E-state index contributed by atoms with van der Waals surface area (Å²) in [7, 11) is 0. The third-order valence-electron chi connectivity index (χ3n) is 4.43. The lowest BCUT2D eigenvalue weighted by molar-refractivity contribution is 0.0597. The Bertz CT molecular complexity index is 402. The molecule has 1 aromatic carbocycles. The van der Waals surface area contributed by atoms with Gasteiger partial charge in [-0.05, 0) is 30.9 Å². The Morgan fingerprint density at radius 1 is 1.20 bits per heavy atom. The van der Waals surface area contributed by atoms with E-state index >= 15 is 0 Å². The first-order valence-electron chi connectivity index (χ1n) is 7.81. The molecule has 1 aliphatic rings. The molecule has 3 nitrogen and oxygen atoms in total. The van der Waals surface area contributed by atoms with Gasteiger partial charge in [-0.3, -0.25) is 4.90 Å². The molecule has 0 aromatic heterocycles. The fourth-order valence-corrected chi connectivity index (χ4v) is 3.28. The van der Waals surface area contributed by atoms with Crippen LogP contribution in [0.3, 0.4) is 0 Å². The van der Waals surface area contributed by atoms with E-state index in [1.165, 1.54) is 32.1 Å². The quantitative estimate of drug-likeness (QED) is 0.840. The number of aliphatic hydroxyl groups is 2. The Labute approximate surface area is 122 Å². The van der Waals surface area contributed by atoms with E-state index in [2.05, 4.69) is 4.90 Å². The highest BCUT2D eigenvalue weighted by molar-refractivity contribution is 5.27. The summed E-state index contributed by atoms with van der Waals surface area (Å²) in [4.78, 5) is 2.27. The van der Waals surface area contributed by atoms with Crippen LogP contribution >= 0.6 is 0 Å². The second kappa shape index (κ2) is 7.77. The first-order valence-corrected chi connectivity index (χ1v) is 7.81. The van der Waals surface area contributed by atoms with Gasteiger partial charge >= 0.3 is 0 Å².